The zero-order valence-electron chi connectivity index (χ0n) is 11.0. The molecule has 1 fully saturated rings. The molecule has 0 saturated carbocycles. The highest BCUT2D eigenvalue weighted by Gasteiger charge is 2.28. The number of piperidine rings is 1. The van der Waals surface area contributed by atoms with Gasteiger partial charge in [-0.25, -0.2) is 4.39 Å². The number of amides is 1. The lowest BCUT2D eigenvalue weighted by Gasteiger charge is -2.37. The molecule has 1 aliphatic rings. The molecule has 1 amide bonds. The lowest BCUT2D eigenvalue weighted by atomic mass is 9.97. The van der Waals surface area contributed by atoms with Crippen LogP contribution in [0.5, 0.6) is 0 Å². The van der Waals surface area contributed by atoms with Gasteiger partial charge in [-0.1, -0.05) is 6.07 Å². The molecule has 20 heavy (non-hydrogen) atoms. The summed E-state index contributed by atoms with van der Waals surface area (Å²) in [6, 6.07) is 4.06. The first-order chi connectivity index (χ1) is 9.50. The molecule has 0 aliphatic carbocycles. The van der Waals surface area contributed by atoms with E-state index in [1.54, 1.807) is 11.0 Å². The van der Waals surface area contributed by atoms with Gasteiger partial charge in [0.05, 0.1) is 17.7 Å². The number of nitrogens with zero attached hydrogens (tertiary/aromatic N) is 1. The minimum Gasteiger partial charge on any atom is -0.481 e. The third-order valence-electron chi connectivity index (χ3n) is 3.58. The predicted molar refractivity (Wildman–Crippen MR) is 72.2 cm³/mol. The highest BCUT2D eigenvalue weighted by molar-refractivity contribution is 5.99. The molecule has 2 rings (SSSR count). The molecule has 1 aliphatic heterocycles. The number of benzene rings is 1. The van der Waals surface area contributed by atoms with Crippen LogP contribution in [0.25, 0.3) is 0 Å². The predicted octanol–water partition coefficient (Wildman–Crippen LogP) is 1.76. The Bertz CT molecular complexity index is 533. The Kier molecular flexibility index (Phi) is 4.22. The zero-order valence-corrected chi connectivity index (χ0v) is 11.0. The molecule has 3 N–H and O–H groups in total. The number of carbonyl (C=O) groups excluding carboxylic acids is 1. The normalized spacial score (nSPS) is 18.9. The molecule has 108 valence electrons. The Morgan fingerprint density at radius 1 is 1.40 bits per heavy atom. The maximum atomic E-state index is 13.8. The van der Waals surface area contributed by atoms with Gasteiger partial charge < -0.3 is 15.7 Å². The summed E-state index contributed by atoms with van der Waals surface area (Å²) in [5.41, 5.74) is 5.48. The molecule has 0 radical (unpaired) electrons. The van der Waals surface area contributed by atoms with Crippen LogP contribution in [0.3, 0.4) is 0 Å². The highest BCUT2D eigenvalue weighted by Crippen LogP contribution is 2.30. The van der Waals surface area contributed by atoms with Crippen LogP contribution in [0.15, 0.2) is 18.2 Å². The van der Waals surface area contributed by atoms with Gasteiger partial charge in [-0.15, -0.1) is 0 Å². The first kappa shape index (κ1) is 14.3. The minimum atomic E-state index is -0.904. The van der Waals surface area contributed by atoms with E-state index in [0.717, 1.165) is 12.8 Å². The molecular weight excluding hydrogens is 263 g/mol. The van der Waals surface area contributed by atoms with Crippen LogP contribution in [0, 0.1) is 5.82 Å². The van der Waals surface area contributed by atoms with Gasteiger partial charge in [-0.3, -0.25) is 9.59 Å². The van der Waals surface area contributed by atoms with E-state index in [1.807, 2.05) is 0 Å². The van der Waals surface area contributed by atoms with Crippen LogP contribution in [0.2, 0.25) is 0 Å². The second kappa shape index (κ2) is 5.90. The lowest BCUT2D eigenvalue weighted by Crippen LogP contribution is -2.42. The Hall–Kier alpha value is -2.11. The third kappa shape index (κ3) is 2.89. The number of hydrogen-bond acceptors (Lipinski definition) is 3. The fourth-order valence-electron chi connectivity index (χ4n) is 2.73. The Morgan fingerprint density at radius 2 is 2.15 bits per heavy atom. The number of carboxylic acids is 1. The van der Waals surface area contributed by atoms with Crippen molar-refractivity contribution < 1.29 is 19.1 Å². The summed E-state index contributed by atoms with van der Waals surface area (Å²) in [5.74, 6) is -2.41. The fraction of sp³-hybridized carbons (Fsp3) is 0.429. The van der Waals surface area contributed by atoms with Gasteiger partial charge in [0.1, 0.15) is 5.82 Å². The molecule has 1 unspecified atom stereocenters. The molecule has 0 aromatic heterocycles. The topological polar surface area (TPSA) is 83.6 Å². The van der Waals surface area contributed by atoms with Crippen molar-refractivity contribution in [2.24, 2.45) is 5.73 Å². The van der Waals surface area contributed by atoms with Gasteiger partial charge in [0.2, 0.25) is 0 Å². The van der Waals surface area contributed by atoms with E-state index in [2.05, 4.69) is 0 Å². The van der Waals surface area contributed by atoms with Crippen molar-refractivity contribution in [3.8, 4) is 0 Å². The summed E-state index contributed by atoms with van der Waals surface area (Å²) in [5, 5.41) is 8.97. The summed E-state index contributed by atoms with van der Waals surface area (Å²) in [4.78, 5) is 24.2. The van der Waals surface area contributed by atoms with Crippen molar-refractivity contribution in [1.29, 1.82) is 0 Å². The summed E-state index contributed by atoms with van der Waals surface area (Å²) >= 11 is 0. The van der Waals surface area contributed by atoms with Crippen molar-refractivity contribution in [3.05, 3.63) is 29.6 Å². The second-order valence-electron chi connectivity index (χ2n) is 4.94. The Morgan fingerprint density at radius 3 is 2.80 bits per heavy atom. The number of carboxylic acid groups (broad SMARTS) is 1. The summed E-state index contributed by atoms with van der Waals surface area (Å²) < 4.78 is 13.8. The molecule has 1 aromatic carbocycles. The van der Waals surface area contributed by atoms with Gasteiger partial charge >= 0.3 is 5.97 Å². The first-order valence-corrected chi connectivity index (χ1v) is 6.57. The van der Waals surface area contributed by atoms with E-state index in [0.29, 0.717) is 18.7 Å². The summed E-state index contributed by atoms with van der Waals surface area (Å²) in [7, 11) is 0. The standard InChI is InChI=1S/C14H17FN2O3/c15-10-5-3-6-11(13(10)14(16)20)17-7-2-1-4-9(17)8-12(18)19/h3,5-6,9H,1-2,4,7-8H2,(H2,16,20)(H,18,19). The SMILES string of the molecule is NC(=O)c1c(F)cccc1N1CCCCC1CC(=O)O. The molecule has 1 atom stereocenters. The Balaban J connectivity index is 2.39. The number of aliphatic carboxylic acids is 1. The van der Waals surface area contributed by atoms with Crippen LogP contribution >= 0.6 is 0 Å². The van der Waals surface area contributed by atoms with E-state index < -0.39 is 17.7 Å². The van der Waals surface area contributed by atoms with Gasteiger partial charge in [0.25, 0.3) is 5.91 Å². The van der Waals surface area contributed by atoms with Crippen molar-refractivity contribution in [1.82, 2.24) is 0 Å². The van der Waals surface area contributed by atoms with E-state index >= 15 is 0 Å². The number of anilines is 1. The average molecular weight is 280 g/mol. The maximum absolute atomic E-state index is 13.8. The van der Waals surface area contributed by atoms with Crippen LogP contribution in [-0.2, 0) is 4.79 Å². The van der Waals surface area contributed by atoms with Crippen molar-refractivity contribution >= 4 is 17.6 Å². The average Bonchev–Trinajstić information content (AvgIpc) is 2.38. The number of nitrogens with two attached hydrogens (primary N) is 1. The van der Waals surface area contributed by atoms with E-state index in [4.69, 9.17) is 10.8 Å². The van der Waals surface area contributed by atoms with Crippen LogP contribution in [0.1, 0.15) is 36.0 Å². The summed E-state index contributed by atoms with van der Waals surface area (Å²) in [6.45, 7) is 0.599. The number of carbonyl (C=O) groups is 2. The lowest BCUT2D eigenvalue weighted by molar-refractivity contribution is -0.137. The van der Waals surface area contributed by atoms with E-state index in [1.165, 1.54) is 12.1 Å². The van der Waals surface area contributed by atoms with E-state index in [-0.39, 0.29) is 18.0 Å². The number of hydrogen-bond donors (Lipinski definition) is 2. The van der Waals surface area contributed by atoms with Crippen LogP contribution in [0.4, 0.5) is 10.1 Å². The van der Waals surface area contributed by atoms with Crippen LogP contribution in [-0.4, -0.2) is 29.6 Å². The van der Waals surface area contributed by atoms with Crippen LogP contribution < -0.4 is 10.6 Å². The minimum absolute atomic E-state index is 0.0330. The van der Waals surface area contributed by atoms with Crippen molar-refractivity contribution in [2.75, 3.05) is 11.4 Å². The van der Waals surface area contributed by atoms with E-state index in [9.17, 15) is 14.0 Å². The number of halogens is 1. The number of primary amides is 1. The summed E-state index contributed by atoms with van der Waals surface area (Å²) in [6.07, 6.45) is 2.48. The third-order valence-corrected chi connectivity index (χ3v) is 3.58. The highest BCUT2D eigenvalue weighted by atomic mass is 19.1. The molecule has 1 saturated heterocycles. The molecule has 0 spiro atoms. The van der Waals surface area contributed by atoms with Gasteiger partial charge in [0.15, 0.2) is 0 Å². The maximum Gasteiger partial charge on any atom is 0.305 e. The van der Waals surface area contributed by atoms with Gasteiger partial charge in [-0.05, 0) is 31.4 Å². The number of rotatable bonds is 4. The molecule has 1 heterocycles. The van der Waals surface area contributed by atoms with Crippen molar-refractivity contribution in [2.45, 2.75) is 31.7 Å². The van der Waals surface area contributed by atoms with Gasteiger partial charge in [0, 0.05) is 12.6 Å². The fourth-order valence-corrected chi connectivity index (χ4v) is 2.73. The largest absolute Gasteiger partial charge is 0.481 e. The molecule has 1 aromatic rings. The van der Waals surface area contributed by atoms with Crippen molar-refractivity contribution in [3.63, 3.8) is 0 Å². The molecule has 0 bridgehead atoms. The first-order valence-electron chi connectivity index (χ1n) is 6.57. The smallest absolute Gasteiger partial charge is 0.305 e. The molecular formula is C14H17FN2O3. The monoisotopic (exact) mass is 280 g/mol. The quantitative estimate of drug-likeness (QED) is 0.880. The Labute approximate surface area is 116 Å². The molecule has 5 nitrogen and oxygen atoms in total. The molecule has 6 heteroatoms. The van der Waals surface area contributed by atoms with Gasteiger partial charge in [-0.2, -0.15) is 0 Å². The zero-order chi connectivity index (χ0) is 14.7. The second-order valence-corrected chi connectivity index (χ2v) is 4.94.